The van der Waals surface area contributed by atoms with Gasteiger partial charge in [-0.05, 0) is 24.8 Å². The van der Waals surface area contributed by atoms with E-state index in [-0.39, 0.29) is 5.56 Å². The minimum atomic E-state index is -0.962. The molecule has 21 heavy (non-hydrogen) atoms. The fourth-order valence-corrected chi connectivity index (χ4v) is 2.71. The van der Waals surface area contributed by atoms with Crippen LogP contribution in [0.15, 0.2) is 30.5 Å². The number of rotatable bonds is 4. The maximum absolute atomic E-state index is 11.4. The number of carboxylic acids is 1. The number of nitrogens with zero attached hydrogens (tertiary/aromatic N) is 1. The second-order valence-corrected chi connectivity index (χ2v) is 5.33. The summed E-state index contributed by atoms with van der Waals surface area (Å²) in [5.74, 6) is -0.539. The van der Waals surface area contributed by atoms with Gasteiger partial charge in [0.2, 0.25) is 0 Å². The third-order valence-electron chi connectivity index (χ3n) is 3.83. The molecule has 0 radical (unpaired) electrons. The van der Waals surface area contributed by atoms with Crippen LogP contribution in [0.25, 0.3) is 10.9 Å². The van der Waals surface area contributed by atoms with Crippen LogP contribution in [-0.2, 0) is 4.74 Å². The molecule has 1 aromatic carbocycles. The van der Waals surface area contributed by atoms with E-state index in [2.05, 4.69) is 10.3 Å². The Morgan fingerprint density at radius 1 is 1.43 bits per heavy atom. The highest BCUT2D eigenvalue weighted by atomic mass is 16.5. The van der Waals surface area contributed by atoms with Crippen molar-refractivity contribution in [1.82, 2.24) is 4.98 Å². The second kappa shape index (κ2) is 6.10. The van der Waals surface area contributed by atoms with Crippen LogP contribution in [0.5, 0.6) is 0 Å². The minimum absolute atomic E-state index is 0.213. The summed E-state index contributed by atoms with van der Waals surface area (Å²) in [7, 11) is 0. The first-order valence-electron chi connectivity index (χ1n) is 7.18. The number of pyridine rings is 1. The van der Waals surface area contributed by atoms with E-state index in [1.165, 1.54) is 6.20 Å². The van der Waals surface area contributed by atoms with Crippen LogP contribution in [0.2, 0.25) is 0 Å². The highest BCUT2D eigenvalue weighted by molar-refractivity contribution is 6.04. The van der Waals surface area contributed by atoms with Crippen LogP contribution in [0, 0.1) is 5.92 Å². The average Bonchev–Trinajstić information content (AvgIpc) is 2.53. The van der Waals surface area contributed by atoms with Gasteiger partial charge in [-0.25, -0.2) is 4.79 Å². The second-order valence-electron chi connectivity index (χ2n) is 5.33. The smallest absolute Gasteiger partial charge is 0.339 e. The fraction of sp³-hybridized carbons (Fsp3) is 0.375. The molecule has 1 atom stereocenters. The van der Waals surface area contributed by atoms with Crippen LogP contribution in [0.4, 0.5) is 5.69 Å². The van der Waals surface area contributed by atoms with Crippen molar-refractivity contribution in [3.05, 3.63) is 36.0 Å². The van der Waals surface area contributed by atoms with E-state index in [1.54, 1.807) is 0 Å². The van der Waals surface area contributed by atoms with Gasteiger partial charge in [-0.2, -0.15) is 0 Å². The molecule has 110 valence electrons. The molecule has 0 bridgehead atoms. The Kier molecular flexibility index (Phi) is 4.01. The number of aromatic carboxylic acids is 1. The number of anilines is 1. The number of aromatic nitrogens is 1. The van der Waals surface area contributed by atoms with E-state index in [1.807, 2.05) is 24.3 Å². The Morgan fingerprint density at radius 2 is 2.29 bits per heavy atom. The molecule has 1 aromatic heterocycles. The molecule has 0 saturated carbocycles. The number of carbonyl (C=O) groups is 1. The van der Waals surface area contributed by atoms with Crippen LogP contribution < -0.4 is 5.32 Å². The molecule has 1 fully saturated rings. The highest BCUT2D eigenvalue weighted by Crippen LogP contribution is 2.26. The van der Waals surface area contributed by atoms with E-state index in [4.69, 9.17) is 4.74 Å². The maximum Gasteiger partial charge on any atom is 0.339 e. The lowest BCUT2D eigenvalue weighted by Gasteiger charge is -2.23. The van der Waals surface area contributed by atoms with Crippen molar-refractivity contribution < 1.29 is 14.6 Å². The Hall–Kier alpha value is -2.14. The molecule has 5 nitrogen and oxygen atoms in total. The predicted molar refractivity (Wildman–Crippen MR) is 80.7 cm³/mol. The number of ether oxygens (including phenoxy) is 1. The van der Waals surface area contributed by atoms with Crippen LogP contribution >= 0.6 is 0 Å². The summed E-state index contributed by atoms with van der Waals surface area (Å²) in [6, 6.07) is 7.57. The molecule has 3 rings (SSSR count). The SMILES string of the molecule is O=C(O)c1cnc2ccccc2c1NCC1CCCOC1. The van der Waals surface area contributed by atoms with E-state index >= 15 is 0 Å². The van der Waals surface area contributed by atoms with E-state index in [0.29, 0.717) is 18.2 Å². The first kappa shape index (κ1) is 13.8. The molecule has 5 heteroatoms. The molecular weight excluding hydrogens is 268 g/mol. The summed E-state index contributed by atoms with van der Waals surface area (Å²) in [6.07, 6.45) is 3.60. The summed E-state index contributed by atoms with van der Waals surface area (Å²) in [4.78, 5) is 15.6. The van der Waals surface area contributed by atoms with Crippen molar-refractivity contribution in [2.45, 2.75) is 12.8 Å². The Labute approximate surface area is 123 Å². The molecule has 1 saturated heterocycles. The van der Waals surface area contributed by atoms with Gasteiger partial charge in [0.05, 0.1) is 17.8 Å². The average molecular weight is 286 g/mol. The number of para-hydroxylation sites is 1. The van der Waals surface area contributed by atoms with Gasteiger partial charge in [0.1, 0.15) is 5.56 Å². The third-order valence-corrected chi connectivity index (χ3v) is 3.83. The zero-order valence-electron chi connectivity index (χ0n) is 11.7. The maximum atomic E-state index is 11.4. The van der Waals surface area contributed by atoms with Crippen LogP contribution in [0.1, 0.15) is 23.2 Å². The van der Waals surface area contributed by atoms with Crippen molar-refractivity contribution in [3.63, 3.8) is 0 Å². The van der Waals surface area contributed by atoms with Gasteiger partial charge in [0.15, 0.2) is 0 Å². The summed E-state index contributed by atoms with van der Waals surface area (Å²) in [6.45, 7) is 2.28. The number of hydrogen-bond donors (Lipinski definition) is 2. The topological polar surface area (TPSA) is 71.5 Å². The summed E-state index contributed by atoms with van der Waals surface area (Å²) in [5, 5.41) is 13.5. The Bertz CT molecular complexity index is 651. The summed E-state index contributed by atoms with van der Waals surface area (Å²) in [5.41, 5.74) is 1.66. The monoisotopic (exact) mass is 286 g/mol. The molecule has 1 aliphatic rings. The van der Waals surface area contributed by atoms with Crippen molar-refractivity contribution in [1.29, 1.82) is 0 Å². The number of carboxylic acid groups (broad SMARTS) is 1. The number of nitrogens with one attached hydrogen (secondary N) is 1. The number of benzene rings is 1. The molecule has 1 aliphatic heterocycles. The Morgan fingerprint density at radius 3 is 3.05 bits per heavy atom. The van der Waals surface area contributed by atoms with Gasteiger partial charge in [0, 0.05) is 24.7 Å². The van der Waals surface area contributed by atoms with E-state index in [9.17, 15) is 9.90 Å². The van der Waals surface area contributed by atoms with Crippen molar-refractivity contribution in [2.75, 3.05) is 25.1 Å². The van der Waals surface area contributed by atoms with Gasteiger partial charge in [-0.1, -0.05) is 18.2 Å². The van der Waals surface area contributed by atoms with Crippen LogP contribution in [0.3, 0.4) is 0 Å². The lowest BCUT2D eigenvalue weighted by molar-refractivity contribution is 0.0595. The fourth-order valence-electron chi connectivity index (χ4n) is 2.71. The number of hydrogen-bond acceptors (Lipinski definition) is 4. The first-order chi connectivity index (χ1) is 10.3. The van der Waals surface area contributed by atoms with E-state index in [0.717, 1.165) is 37.0 Å². The lowest BCUT2D eigenvalue weighted by Crippen LogP contribution is -2.25. The van der Waals surface area contributed by atoms with Crippen LogP contribution in [-0.4, -0.2) is 35.8 Å². The molecule has 0 spiro atoms. The Balaban J connectivity index is 1.90. The molecule has 0 aliphatic carbocycles. The number of fused-ring (bicyclic) bond motifs is 1. The van der Waals surface area contributed by atoms with Crippen molar-refractivity contribution in [2.24, 2.45) is 5.92 Å². The van der Waals surface area contributed by atoms with E-state index < -0.39 is 5.97 Å². The standard InChI is InChI=1S/C16H18N2O3/c19-16(20)13-9-17-14-6-2-1-5-12(14)15(13)18-8-11-4-3-7-21-10-11/h1-2,5-6,9,11H,3-4,7-8,10H2,(H,17,18)(H,19,20). The van der Waals surface area contributed by atoms with Gasteiger partial charge in [0.25, 0.3) is 0 Å². The normalized spacial score (nSPS) is 18.6. The molecule has 0 amide bonds. The minimum Gasteiger partial charge on any atom is -0.478 e. The van der Waals surface area contributed by atoms with Crippen molar-refractivity contribution in [3.8, 4) is 0 Å². The van der Waals surface area contributed by atoms with Crippen molar-refractivity contribution >= 4 is 22.6 Å². The lowest BCUT2D eigenvalue weighted by atomic mass is 10.0. The zero-order valence-corrected chi connectivity index (χ0v) is 11.7. The largest absolute Gasteiger partial charge is 0.478 e. The quantitative estimate of drug-likeness (QED) is 0.904. The van der Waals surface area contributed by atoms with Gasteiger partial charge in [-0.3, -0.25) is 4.98 Å². The first-order valence-corrected chi connectivity index (χ1v) is 7.18. The zero-order chi connectivity index (χ0) is 14.7. The molecule has 2 heterocycles. The van der Waals surface area contributed by atoms with Gasteiger partial charge in [-0.15, -0.1) is 0 Å². The van der Waals surface area contributed by atoms with Gasteiger partial charge >= 0.3 is 5.97 Å². The molecular formula is C16H18N2O3. The molecule has 2 aromatic rings. The third kappa shape index (κ3) is 2.97. The highest BCUT2D eigenvalue weighted by Gasteiger charge is 2.17. The summed E-state index contributed by atoms with van der Waals surface area (Å²) < 4.78 is 5.47. The summed E-state index contributed by atoms with van der Waals surface area (Å²) >= 11 is 0. The predicted octanol–water partition coefficient (Wildman–Crippen LogP) is 2.77. The molecule has 1 unspecified atom stereocenters. The van der Waals surface area contributed by atoms with Gasteiger partial charge < -0.3 is 15.2 Å². The molecule has 2 N–H and O–H groups in total.